The molecule has 1 nitrogen and oxygen atoms in total. The molecule has 0 aromatic heterocycles. The summed E-state index contributed by atoms with van der Waals surface area (Å²) in [6.07, 6.45) is 2.06. The van der Waals surface area contributed by atoms with E-state index in [0.717, 1.165) is 25.9 Å². The van der Waals surface area contributed by atoms with E-state index in [1.165, 1.54) is 6.07 Å². The highest BCUT2D eigenvalue weighted by Crippen LogP contribution is 2.26. The van der Waals surface area contributed by atoms with Crippen molar-refractivity contribution in [1.82, 2.24) is 0 Å². The third-order valence-corrected chi connectivity index (χ3v) is 3.10. The predicted octanol–water partition coefficient (Wildman–Crippen LogP) is 3.53. The first-order valence-electron chi connectivity index (χ1n) is 5.20. The van der Waals surface area contributed by atoms with Crippen molar-refractivity contribution < 1.29 is 4.39 Å². The van der Waals surface area contributed by atoms with Crippen LogP contribution in [0.25, 0.3) is 0 Å². The molecule has 2 rings (SSSR count). The lowest BCUT2D eigenvalue weighted by molar-refractivity contribution is 0.470. The normalized spacial score (nSPS) is 18.2. The smallest absolute Gasteiger partial charge is 0.147 e. The summed E-state index contributed by atoms with van der Waals surface area (Å²) in [5, 5.41) is 0.447. The van der Waals surface area contributed by atoms with Gasteiger partial charge in [0.25, 0.3) is 0 Å². The van der Waals surface area contributed by atoms with Gasteiger partial charge in [0.15, 0.2) is 0 Å². The summed E-state index contributed by atoms with van der Waals surface area (Å²) in [4.78, 5) is 2.06. The van der Waals surface area contributed by atoms with E-state index in [1.807, 2.05) is 0 Å². The Morgan fingerprint density at radius 1 is 1.33 bits per heavy atom. The van der Waals surface area contributed by atoms with Crippen LogP contribution < -0.4 is 4.90 Å². The van der Waals surface area contributed by atoms with Crippen molar-refractivity contribution in [3.63, 3.8) is 0 Å². The number of hydrogen-bond acceptors (Lipinski definition) is 1. The molecule has 0 unspecified atom stereocenters. The van der Waals surface area contributed by atoms with Crippen LogP contribution in [-0.4, -0.2) is 13.1 Å². The summed E-state index contributed by atoms with van der Waals surface area (Å²) < 4.78 is 13.6. The molecule has 1 fully saturated rings. The maximum absolute atomic E-state index is 13.6. The van der Waals surface area contributed by atoms with E-state index < -0.39 is 0 Å². The first kappa shape index (κ1) is 10.7. The predicted molar refractivity (Wildman–Crippen MR) is 61.7 cm³/mol. The summed E-state index contributed by atoms with van der Waals surface area (Å²) in [5.74, 6) is 0.279. The largest absolute Gasteiger partial charge is 0.369 e. The van der Waals surface area contributed by atoms with Crippen LogP contribution in [0.15, 0.2) is 18.2 Å². The lowest BCUT2D eigenvalue weighted by Crippen LogP contribution is -2.33. The molecule has 1 heterocycles. The molecule has 0 bridgehead atoms. The Hall–Kier alpha value is -0.760. The third-order valence-electron chi connectivity index (χ3n) is 2.86. The van der Waals surface area contributed by atoms with Crippen LogP contribution in [0.4, 0.5) is 10.1 Å². The summed E-state index contributed by atoms with van der Waals surface area (Å²) in [6.45, 7) is 5.78. The highest BCUT2D eigenvalue weighted by atomic mass is 35.5. The lowest BCUT2D eigenvalue weighted by Gasteiger charge is -2.32. The maximum atomic E-state index is 13.6. The molecule has 15 heavy (non-hydrogen) atoms. The maximum Gasteiger partial charge on any atom is 0.147 e. The van der Waals surface area contributed by atoms with Gasteiger partial charge >= 0.3 is 0 Å². The van der Waals surface area contributed by atoms with Crippen molar-refractivity contribution in [2.45, 2.75) is 12.8 Å². The Labute approximate surface area is 94.8 Å². The molecule has 1 aromatic rings. The minimum atomic E-state index is -0.231. The molecule has 1 saturated heterocycles. The molecule has 0 spiro atoms. The number of rotatable bonds is 1. The molecule has 81 valence electrons. The Balaban J connectivity index is 2.15. The molecule has 0 amide bonds. The Bertz CT molecular complexity index is 345. The van der Waals surface area contributed by atoms with Crippen molar-refractivity contribution in [2.75, 3.05) is 18.0 Å². The van der Waals surface area contributed by atoms with E-state index in [0.29, 0.717) is 16.6 Å². The fourth-order valence-corrected chi connectivity index (χ4v) is 2.07. The quantitative estimate of drug-likeness (QED) is 0.708. The highest BCUT2D eigenvalue weighted by molar-refractivity contribution is 6.30. The van der Waals surface area contributed by atoms with Crippen molar-refractivity contribution in [2.24, 2.45) is 5.92 Å². The van der Waals surface area contributed by atoms with E-state index >= 15 is 0 Å². The molecule has 0 aliphatic carbocycles. The van der Waals surface area contributed by atoms with E-state index in [4.69, 9.17) is 11.6 Å². The molecular formula is C12H14ClFN. The van der Waals surface area contributed by atoms with E-state index in [1.54, 1.807) is 12.1 Å². The average molecular weight is 227 g/mol. The number of nitrogens with zero attached hydrogens (tertiary/aromatic N) is 1. The Morgan fingerprint density at radius 3 is 2.60 bits per heavy atom. The first-order valence-corrected chi connectivity index (χ1v) is 5.57. The summed E-state index contributed by atoms with van der Waals surface area (Å²) in [6, 6.07) is 4.85. The van der Waals surface area contributed by atoms with E-state index in [2.05, 4.69) is 11.8 Å². The van der Waals surface area contributed by atoms with Crippen LogP contribution in [0, 0.1) is 18.7 Å². The Morgan fingerprint density at radius 2 is 2.00 bits per heavy atom. The summed E-state index contributed by atoms with van der Waals surface area (Å²) in [5.41, 5.74) is 0.659. The number of anilines is 1. The zero-order valence-corrected chi connectivity index (χ0v) is 9.30. The monoisotopic (exact) mass is 226 g/mol. The number of benzene rings is 1. The van der Waals surface area contributed by atoms with Crippen molar-refractivity contribution in [3.8, 4) is 0 Å². The van der Waals surface area contributed by atoms with E-state index in [-0.39, 0.29) is 5.82 Å². The minimum Gasteiger partial charge on any atom is -0.369 e. The van der Waals surface area contributed by atoms with Gasteiger partial charge in [-0.25, -0.2) is 4.39 Å². The minimum absolute atomic E-state index is 0.231. The van der Waals surface area contributed by atoms with Gasteiger partial charge in [0.1, 0.15) is 5.82 Å². The molecule has 1 aliphatic heterocycles. The van der Waals surface area contributed by atoms with Crippen LogP contribution in [0.3, 0.4) is 0 Å². The zero-order chi connectivity index (χ0) is 10.8. The second-order valence-corrected chi connectivity index (χ2v) is 4.46. The van der Waals surface area contributed by atoms with Gasteiger partial charge in [-0.15, -0.1) is 0 Å². The molecule has 1 aromatic carbocycles. The molecule has 3 heteroatoms. The SMILES string of the molecule is [CH2]C1CCN(c2ccc(Cl)cc2F)CC1. The summed E-state index contributed by atoms with van der Waals surface area (Å²) in [7, 11) is 0. The van der Waals surface area contributed by atoms with Gasteiger partial charge in [0, 0.05) is 18.1 Å². The third kappa shape index (κ3) is 2.43. The molecular weight excluding hydrogens is 213 g/mol. The average Bonchev–Trinajstić information content (AvgIpc) is 2.20. The highest BCUT2D eigenvalue weighted by Gasteiger charge is 2.18. The van der Waals surface area contributed by atoms with Crippen LogP contribution in [0.1, 0.15) is 12.8 Å². The number of piperidine rings is 1. The van der Waals surface area contributed by atoms with Crippen LogP contribution in [0.2, 0.25) is 5.02 Å². The van der Waals surface area contributed by atoms with Crippen molar-refractivity contribution >= 4 is 17.3 Å². The molecule has 0 atom stereocenters. The Kier molecular flexibility index (Phi) is 3.15. The molecule has 1 radical (unpaired) electrons. The topological polar surface area (TPSA) is 3.24 Å². The van der Waals surface area contributed by atoms with Gasteiger partial charge in [0.2, 0.25) is 0 Å². The summed E-state index contributed by atoms with van der Waals surface area (Å²) >= 11 is 5.71. The second-order valence-electron chi connectivity index (χ2n) is 4.03. The van der Waals surface area contributed by atoms with Crippen LogP contribution in [0.5, 0.6) is 0 Å². The van der Waals surface area contributed by atoms with Crippen molar-refractivity contribution in [3.05, 3.63) is 36.0 Å². The van der Waals surface area contributed by atoms with Gasteiger partial charge in [-0.05, 0) is 37.0 Å². The van der Waals surface area contributed by atoms with Gasteiger partial charge in [-0.1, -0.05) is 18.5 Å². The fourth-order valence-electron chi connectivity index (χ4n) is 1.91. The lowest BCUT2D eigenvalue weighted by atomic mass is 9.99. The number of hydrogen-bond donors (Lipinski definition) is 0. The van der Waals surface area contributed by atoms with Crippen LogP contribution in [-0.2, 0) is 0 Å². The fraction of sp³-hybridized carbons (Fsp3) is 0.417. The van der Waals surface area contributed by atoms with Crippen LogP contribution >= 0.6 is 11.6 Å². The molecule has 0 saturated carbocycles. The van der Waals surface area contributed by atoms with Crippen molar-refractivity contribution in [1.29, 1.82) is 0 Å². The van der Waals surface area contributed by atoms with Gasteiger partial charge < -0.3 is 4.90 Å². The first-order chi connectivity index (χ1) is 7.16. The zero-order valence-electron chi connectivity index (χ0n) is 8.55. The van der Waals surface area contributed by atoms with Gasteiger partial charge in [-0.3, -0.25) is 0 Å². The molecule has 1 aliphatic rings. The second kappa shape index (κ2) is 4.40. The molecule has 0 N–H and O–H groups in total. The standard InChI is InChI=1S/C12H14ClFN/c1-9-4-6-15(7-5-9)12-3-2-10(13)8-11(12)14/h2-3,8-9H,1,4-7H2. The van der Waals surface area contributed by atoms with Gasteiger partial charge in [0.05, 0.1) is 5.69 Å². The number of halogens is 2. The van der Waals surface area contributed by atoms with E-state index in [9.17, 15) is 4.39 Å². The van der Waals surface area contributed by atoms with Gasteiger partial charge in [-0.2, -0.15) is 0 Å².